The lowest BCUT2D eigenvalue weighted by molar-refractivity contribution is 0.0509. The van der Waals surface area contributed by atoms with Gasteiger partial charge in [0.2, 0.25) is 0 Å². The van der Waals surface area contributed by atoms with Crippen molar-refractivity contribution in [1.82, 2.24) is 4.57 Å². The number of aromatic nitrogens is 1. The summed E-state index contributed by atoms with van der Waals surface area (Å²) in [6, 6.07) is 6.04. The molecule has 1 aromatic heterocycles. The molecule has 0 unspecified atom stereocenters. The van der Waals surface area contributed by atoms with Crippen LogP contribution in [0.25, 0.3) is 10.9 Å². The molecular weight excluding hydrogens is 265 g/mol. The zero-order valence-corrected chi connectivity index (χ0v) is 11.3. The van der Waals surface area contributed by atoms with Crippen molar-refractivity contribution >= 4 is 23.0 Å². The summed E-state index contributed by atoms with van der Waals surface area (Å²) in [5, 5.41) is 9.19. The first kappa shape index (κ1) is 14.0. The summed E-state index contributed by atoms with van der Waals surface area (Å²) >= 11 is 0. The van der Waals surface area contributed by atoms with Crippen LogP contribution in [0.1, 0.15) is 31.3 Å². The van der Waals surface area contributed by atoms with E-state index in [0.717, 1.165) is 4.57 Å². The normalized spacial score (nSPS) is 11.6. The van der Waals surface area contributed by atoms with Gasteiger partial charge in [-0.3, -0.25) is 0 Å². The quantitative estimate of drug-likeness (QED) is 0.869. The number of hydrogen-bond donors (Lipinski definition) is 1. The van der Waals surface area contributed by atoms with Crippen molar-refractivity contribution in [3.05, 3.63) is 35.8 Å². The van der Waals surface area contributed by atoms with Gasteiger partial charge in [0.25, 0.3) is 0 Å². The summed E-state index contributed by atoms with van der Waals surface area (Å²) in [7, 11) is 0. The fourth-order valence-electron chi connectivity index (χ4n) is 1.89. The van der Waals surface area contributed by atoms with Crippen LogP contribution in [0.15, 0.2) is 24.3 Å². The van der Waals surface area contributed by atoms with Gasteiger partial charge in [0.15, 0.2) is 11.5 Å². The Hall–Kier alpha value is -2.37. The van der Waals surface area contributed by atoms with Crippen molar-refractivity contribution in [2.45, 2.75) is 26.4 Å². The highest BCUT2D eigenvalue weighted by molar-refractivity contribution is 6.01. The molecule has 0 saturated carbocycles. The van der Waals surface area contributed by atoms with E-state index in [1.807, 2.05) is 0 Å². The molecule has 1 aromatic carbocycles. The van der Waals surface area contributed by atoms with Crippen LogP contribution in [0.2, 0.25) is 0 Å². The lowest BCUT2D eigenvalue weighted by atomic mass is 10.2. The Morgan fingerprint density at radius 2 is 1.85 bits per heavy atom. The molecular formula is C14H14FNO4. The van der Waals surface area contributed by atoms with E-state index in [2.05, 4.69) is 0 Å². The van der Waals surface area contributed by atoms with E-state index in [-0.39, 0.29) is 10.9 Å². The number of aromatic carboxylic acids is 1. The molecule has 0 amide bonds. The van der Waals surface area contributed by atoms with Gasteiger partial charge in [-0.1, -0.05) is 12.1 Å². The molecule has 5 nitrogen and oxygen atoms in total. The second-order valence-electron chi connectivity index (χ2n) is 5.30. The molecule has 2 aromatic rings. The van der Waals surface area contributed by atoms with E-state index in [1.165, 1.54) is 12.1 Å². The zero-order chi connectivity index (χ0) is 15.1. The zero-order valence-electron chi connectivity index (χ0n) is 11.3. The summed E-state index contributed by atoms with van der Waals surface area (Å²) in [6.45, 7) is 4.94. The van der Waals surface area contributed by atoms with Crippen LogP contribution in [0.3, 0.4) is 0 Å². The van der Waals surface area contributed by atoms with Gasteiger partial charge in [0.1, 0.15) is 5.60 Å². The number of fused-ring (bicyclic) bond motifs is 1. The maximum Gasteiger partial charge on any atom is 0.419 e. The second kappa shape index (κ2) is 4.63. The van der Waals surface area contributed by atoms with E-state index in [4.69, 9.17) is 9.84 Å². The SMILES string of the molecule is CC(C)(C)OC(=O)n1c(C(=O)O)c(F)c2ccccc21. The Labute approximate surface area is 114 Å². The average Bonchev–Trinajstić information content (AvgIpc) is 2.61. The van der Waals surface area contributed by atoms with E-state index in [1.54, 1.807) is 32.9 Å². The third-order valence-corrected chi connectivity index (χ3v) is 2.59. The van der Waals surface area contributed by atoms with Crippen LogP contribution >= 0.6 is 0 Å². The van der Waals surface area contributed by atoms with Gasteiger partial charge in [-0.15, -0.1) is 0 Å². The number of halogens is 1. The maximum atomic E-state index is 14.1. The minimum atomic E-state index is -1.52. The number of carbonyl (C=O) groups excluding carboxylic acids is 1. The highest BCUT2D eigenvalue weighted by atomic mass is 19.1. The number of ether oxygens (including phenoxy) is 1. The number of carboxylic acid groups (broad SMARTS) is 1. The second-order valence-corrected chi connectivity index (χ2v) is 5.30. The molecule has 106 valence electrons. The van der Waals surface area contributed by atoms with Gasteiger partial charge in [-0.05, 0) is 32.9 Å². The number of benzene rings is 1. The van der Waals surface area contributed by atoms with Crippen LogP contribution < -0.4 is 0 Å². The molecule has 0 radical (unpaired) electrons. The first-order chi connectivity index (χ1) is 9.22. The third-order valence-electron chi connectivity index (χ3n) is 2.59. The Morgan fingerprint density at radius 3 is 2.40 bits per heavy atom. The third kappa shape index (κ3) is 2.36. The molecule has 0 saturated heterocycles. The summed E-state index contributed by atoms with van der Waals surface area (Å²) in [4.78, 5) is 23.3. The average molecular weight is 279 g/mol. The summed E-state index contributed by atoms with van der Waals surface area (Å²) in [5.41, 5.74) is -1.37. The molecule has 6 heteroatoms. The highest BCUT2D eigenvalue weighted by Gasteiger charge is 2.29. The van der Waals surface area contributed by atoms with Crippen molar-refractivity contribution in [3.8, 4) is 0 Å². The molecule has 0 fully saturated rings. The Bertz CT molecular complexity index is 697. The maximum absolute atomic E-state index is 14.1. The molecule has 1 heterocycles. The Kier molecular flexibility index (Phi) is 3.25. The standard InChI is InChI=1S/C14H14FNO4/c1-14(2,3)20-13(19)16-9-7-5-4-6-8(9)10(15)11(16)12(17)18/h4-7H,1-3H3,(H,17,18). The van der Waals surface area contributed by atoms with E-state index >= 15 is 0 Å². The summed E-state index contributed by atoms with van der Waals surface area (Å²) < 4.78 is 20.0. The van der Waals surface area contributed by atoms with E-state index in [9.17, 15) is 14.0 Å². The van der Waals surface area contributed by atoms with Gasteiger partial charge in [-0.2, -0.15) is 0 Å². The molecule has 2 rings (SSSR count). The number of nitrogens with zero attached hydrogens (tertiary/aromatic N) is 1. The number of hydrogen-bond acceptors (Lipinski definition) is 3. The van der Waals surface area contributed by atoms with Gasteiger partial charge in [0.05, 0.1) is 5.52 Å². The topological polar surface area (TPSA) is 68.5 Å². The van der Waals surface area contributed by atoms with Crippen molar-refractivity contribution < 1.29 is 23.8 Å². The summed E-state index contributed by atoms with van der Waals surface area (Å²) in [6.07, 6.45) is -0.921. The Morgan fingerprint density at radius 1 is 1.25 bits per heavy atom. The monoisotopic (exact) mass is 279 g/mol. The van der Waals surface area contributed by atoms with Crippen molar-refractivity contribution in [1.29, 1.82) is 0 Å². The molecule has 0 aliphatic heterocycles. The smallest absolute Gasteiger partial charge is 0.419 e. The molecule has 0 bridgehead atoms. The van der Waals surface area contributed by atoms with Gasteiger partial charge >= 0.3 is 12.1 Å². The van der Waals surface area contributed by atoms with Crippen LogP contribution in [0.5, 0.6) is 0 Å². The first-order valence-electron chi connectivity index (χ1n) is 5.98. The number of rotatable bonds is 1. The largest absolute Gasteiger partial charge is 0.476 e. The number of carbonyl (C=O) groups is 2. The summed E-state index contributed by atoms with van der Waals surface area (Å²) in [5.74, 6) is -2.47. The van der Waals surface area contributed by atoms with Crippen molar-refractivity contribution in [2.24, 2.45) is 0 Å². The lowest BCUT2D eigenvalue weighted by Crippen LogP contribution is -2.29. The molecule has 1 N–H and O–H groups in total. The molecule has 0 spiro atoms. The predicted molar refractivity (Wildman–Crippen MR) is 70.5 cm³/mol. The number of carboxylic acids is 1. The Balaban J connectivity index is 2.70. The van der Waals surface area contributed by atoms with Crippen molar-refractivity contribution in [3.63, 3.8) is 0 Å². The minimum absolute atomic E-state index is 0.0655. The van der Waals surface area contributed by atoms with E-state index < -0.39 is 29.2 Å². The van der Waals surface area contributed by atoms with Gasteiger partial charge in [0, 0.05) is 5.39 Å². The van der Waals surface area contributed by atoms with Crippen molar-refractivity contribution in [2.75, 3.05) is 0 Å². The van der Waals surface area contributed by atoms with Crippen LogP contribution in [-0.2, 0) is 4.74 Å². The molecule has 0 atom stereocenters. The fourth-order valence-corrected chi connectivity index (χ4v) is 1.89. The molecule has 0 aliphatic rings. The minimum Gasteiger partial charge on any atom is -0.476 e. The van der Waals surface area contributed by atoms with Gasteiger partial charge < -0.3 is 9.84 Å². The van der Waals surface area contributed by atoms with Crippen LogP contribution in [0, 0.1) is 5.82 Å². The molecule has 20 heavy (non-hydrogen) atoms. The first-order valence-corrected chi connectivity index (χ1v) is 5.98. The van der Waals surface area contributed by atoms with E-state index in [0.29, 0.717) is 0 Å². The lowest BCUT2D eigenvalue weighted by Gasteiger charge is -2.20. The van der Waals surface area contributed by atoms with Crippen LogP contribution in [-0.4, -0.2) is 27.3 Å². The van der Waals surface area contributed by atoms with Gasteiger partial charge in [-0.25, -0.2) is 18.5 Å². The highest BCUT2D eigenvalue weighted by Crippen LogP contribution is 2.26. The number of para-hydroxylation sites is 1. The predicted octanol–water partition coefficient (Wildman–Crippen LogP) is 3.26. The van der Waals surface area contributed by atoms with Crippen LogP contribution in [0.4, 0.5) is 9.18 Å². The molecule has 0 aliphatic carbocycles. The fraction of sp³-hybridized carbons (Fsp3) is 0.286.